The maximum atomic E-state index is 5.69. The van der Waals surface area contributed by atoms with E-state index in [0.717, 1.165) is 0 Å². The number of ether oxygens (including phenoxy) is 2. The summed E-state index contributed by atoms with van der Waals surface area (Å²) in [5, 5.41) is 0. The van der Waals surface area contributed by atoms with Crippen LogP contribution < -0.4 is 5.73 Å². The summed E-state index contributed by atoms with van der Waals surface area (Å²) >= 11 is 2.03. The second kappa shape index (κ2) is 4.64. The molecule has 2 rings (SSSR count). The molecule has 2 saturated heterocycles. The van der Waals surface area contributed by atoms with Gasteiger partial charge in [-0.25, -0.2) is 0 Å². The Morgan fingerprint density at radius 3 is 2.69 bits per heavy atom. The van der Waals surface area contributed by atoms with Crippen molar-refractivity contribution >= 4 is 11.8 Å². The highest BCUT2D eigenvalue weighted by Gasteiger charge is 2.32. The molecule has 76 valence electrons. The number of rotatable bonds is 2. The highest BCUT2D eigenvalue weighted by molar-refractivity contribution is 7.99. The first-order valence-corrected chi connectivity index (χ1v) is 6.10. The summed E-state index contributed by atoms with van der Waals surface area (Å²) in [7, 11) is 0. The van der Waals surface area contributed by atoms with Gasteiger partial charge in [0.05, 0.1) is 12.7 Å². The van der Waals surface area contributed by atoms with Crippen LogP contribution in [0.2, 0.25) is 0 Å². The average molecular weight is 203 g/mol. The van der Waals surface area contributed by atoms with Crippen molar-refractivity contribution < 1.29 is 9.47 Å². The van der Waals surface area contributed by atoms with Gasteiger partial charge in [0.1, 0.15) is 0 Å². The highest BCUT2D eigenvalue weighted by atomic mass is 32.2. The largest absolute Gasteiger partial charge is 0.350 e. The second-order valence-corrected chi connectivity index (χ2v) is 4.87. The quantitative estimate of drug-likeness (QED) is 0.722. The summed E-state index contributed by atoms with van der Waals surface area (Å²) in [6.07, 6.45) is 2.63. The molecule has 0 aromatic rings. The van der Waals surface area contributed by atoms with E-state index in [0.29, 0.717) is 19.1 Å². The van der Waals surface area contributed by atoms with Crippen LogP contribution >= 0.6 is 11.8 Å². The van der Waals surface area contributed by atoms with Crippen LogP contribution in [0.25, 0.3) is 0 Å². The van der Waals surface area contributed by atoms with Crippen molar-refractivity contribution in [1.82, 2.24) is 0 Å². The zero-order valence-corrected chi connectivity index (χ0v) is 8.59. The molecule has 2 N–H and O–H groups in total. The van der Waals surface area contributed by atoms with Gasteiger partial charge in [-0.15, -0.1) is 0 Å². The molecule has 2 aliphatic heterocycles. The Kier molecular flexibility index (Phi) is 3.49. The van der Waals surface area contributed by atoms with Gasteiger partial charge in [0.25, 0.3) is 0 Å². The molecule has 3 nitrogen and oxygen atoms in total. The van der Waals surface area contributed by atoms with E-state index in [-0.39, 0.29) is 12.4 Å². The lowest BCUT2D eigenvalue weighted by Gasteiger charge is -2.25. The number of thioether (sulfide) groups is 1. The van der Waals surface area contributed by atoms with Crippen LogP contribution in [0.15, 0.2) is 0 Å². The molecule has 2 atom stereocenters. The van der Waals surface area contributed by atoms with E-state index >= 15 is 0 Å². The summed E-state index contributed by atoms with van der Waals surface area (Å²) in [6.45, 7) is 1.27. The maximum Gasteiger partial charge on any atom is 0.161 e. The first kappa shape index (κ1) is 9.77. The van der Waals surface area contributed by atoms with E-state index < -0.39 is 0 Å². The van der Waals surface area contributed by atoms with Gasteiger partial charge in [-0.2, -0.15) is 11.8 Å². The molecule has 0 amide bonds. The van der Waals surface area contributed by atoms with Crippen molar-refractivity contribution in [2.24, 2.45) is 11.7 Å². The topological polar surface area (TPSA) is 44.5 Å². The molecular formula is C9H17NO2S. The molecule has 2 unspecified atom stereocenters. The normalized spacial score (nSPS) is 36.7. The summed E-state index contributed by atoms with van der Waals surface area (Å²) in [6, 6.07) is 0. The van der Waals surface area contributed by atoms with Gasteiger partial charge in [-0.1, -0.05) is 0 Å². The molecule has 0 radical (unpaired) electrons. The zero-order chi connectivity index (χ0) is 9.10. The predicted octanol–water partition coefficient (Wildman–Crippen LogP) is 0.830. The molecule has 0 bridgehead atoms. The molecule has 2 fully saturated rings. The average Bonchev–Trinajstić information content (AvgIpc) is 2.67. The molecule has 2 aliphatic rings. The molecule has 0 aromatic carbocycles. The Hall–Kier alpha value is 0.230. The molecule has 4 heteroatoms. The van der Waals surface area contributed by atoms with Gasteiger partial charge in [0.15, 0.2) is 6.29 Å². The van der Waals surface area contributed by atoms with E-state index in [2.05, 4.69) is 0 Å². The van der Waals surface area contributed by atoms with Crippen LogP contribution in [0.4, 0.5) is 0 Å². The van der Waals surface area contributed by atoms with Crippen molar-refractivity contribution in [3.05, 3.63) is 0 Å². The van der Waals surface area contributed by atoms with Gasteiger partial charge >= 0.3 is 0 Å². The number of hydrogen-bond acceptors (Lipinski definition) is 4. The number of nitrogens with two attached hydrogens (primary N) is 1. The van der Waals surface area contributed by atoms with Gasteiger partial charge < -0.3 is 15.2 Å². The Labute approximate surface area is 83.3 Å². The van der Waals surface area contributed by atoms with Crippen LogP contribution in [0.1, 0.15) is 12.8 Å². The summed E-state index contributed by atoms with van der Waals surface area (Å²) < 4.78 is 11.3. The molecular weight excluding hydrogens is 186 g/mol. The van der Waals surface area contributed by atoms with Crippen LogP contribution in [-0.4, -0.2) is 37.1 Å². The van der Waals surface area contributed by atoms with E-state index in [9.17, 15) is 0 Å². The lowest BCUT2D eigenvalue weighted by Crippen LogP contribution is -2.28. The highest BCUT2D eigenvalue weighted by Crippen LogP contribution is 2.30. The molecule has 0 aliphatic carbocycles. The molecule has 0 aromatic heterocycles. The fraction of sp³-hybridized carbons (Fsp3) is 1.00. The summed E-state index contributed by atoms with van der Waals surface area (Å²) in [4.78, 5) is 0. The summed E-state index contributed by atoms with van der Waals surface area (Å²) in [5.41, 5.74) is 5.52. The fourth-order valence-electron chi connectivity index (χ4n) is 1.83. The standard InChI is InChI=1S/C9H17NO2S/c10-5-8-6-11-9(12-8)7-1-3-13-4-2-7/h7-9H,1-6,10H2. The summed E-state index contributed by atoms with van der Waals surface area (Å²) in [5.74, 6) is 3.11. The first-order chi connectivity index (χ1) is 6.40. The van der Waals surface area contributed by atoms with Crippen LogP contribution in [0, 0.1) is 5.92 Å². The van der Waals surface area contributed by atoms with Crippen molar-refractivity contribution in [2.45, 2.75) is 25.2 Å². The smallest absolute Gasteiger partial charge is 0.161 e. The van der Waals surface area contributed by atoms with Crippen molar-refractivity contribution in [1.29, 1.82) is 0 Å². The van der Waals surface area contributed by atoms with Crippen molar-refractivity contribution in [3.63, 3.8) is 0 Å². The predicted molar refractivity (Wildman–Crippen MR) is 53.7 cm³/mol. The molecule has 13 heavy (non-hydrogen) atoms. The van der Waals surface area contributed by atoms with Crippen molar-refractivity contribution in [3.8, 4) is 0 Å². The first-order valence-electron chi connectivity index (χ1n) is 4.95. The SMILES string of the molecule is NCC1COC(C2CCSCC2)O1. The minimum absolute atomic E-state index is 0.0365. The van der Waals surface area contributed by atoms with E-state index in [1.54, 1.807) is 0 Å². The fourth-order valence-corrected chi connectivity index (χ4v) is 2.97. The molecule has 0 saturated carbocycles. The lowest BCUT2D eigenvalue weighted by molar-refractivity contribution is -0.0968. The van der Waals surface area contributed by atoms with Gasteiger partial charge in [0.2, 0.25) is 0 Å². The van der Waals surface area contributed by atoms with E-state index in [1.165, 1.54) is 24.3 Å². The third kappa shape index (κ3) is 2.37. The Morgan fingerprint density at radius 1 is 1.31 bits per heavy atom. The Morgan fingerprint density at radius 2 is 2.08 bits per heavy atom. The monoisotopic (exact) mass is 203 g/mol. The van der Waals surface area contributed by atoms with E-state index in [4.69, 9.17) is 15.2 Å². The third-order valence-corrected chi connectivity index (χ3v) is 3.74. The minimum Gasteiger partial charge on any atom is -0.350 e. The van der Waals surface area contributed by atoms with Crippen molar-refractivity contribution in [2.75, 3.05) is 24.7 Å². The van der Waals surface area contributed by atoms with Gasteiger partial charge in [0, 0.05) is 12.5 Å². The number of hydrogen-bond donors (Lipinski definition) is 1. The van der Waals surface area contributed by atoms with Crippen LogP contribution in [0.5, 0.6) is 0 Å². The Balaban J connectivity index is 1.80. The van der Waals surface area contributed by atoms with Gasteiger partial charge in [-0.05, 0) is 24.3 Å². The van der Waals surface area contributed by atoms with Crippen LogP contribution in [-0.2, 0) is 9.47 Å². The Bertz CT molecular complexity index is 162. The van der Waals surface area contributed by atoms with E-state index in [1.807, 2.05) is 11.8 Å². The second-order valence-electron chi connectivity index (χ2n) is 3.65. The van der Waals surface area contributed by atoms with Gasteiger partial charge in [-0.3, -0.25) is 0 Å². The third-order valence-electron chi connectivity index (χ3n) is 2.69. The zero-order valence-electron chi connectivity index (χ0n) is 7.78. The molecule has 0 spiro atoms. The minimum atomic E-state index is 0.0365. The lowest BCUT2D eigenvalue weighted by atomic mass is 10.0. The molecule has 2 heterocycles. The maximum absolute atomic E-state index is 5.69. The van der Waals surface area contributed by atoms with Crippen LogP contribution in [0.3, 0.4) is 0 Å².